The van der Waals surface area contributed by atoms with E-state index >= 15 is 0 Å². The number of alkyl halides is 1. The van der Waals surface area contributed by atoms with Crippen molar-refractivity contribution in [2.75, 3.05) is 5.88 Å². The van der Waals surface area contributed by atoms with Gasteiger partial charge in [0.25, 0.3) is 0 Å². The van der Waals surface area contributed by atoms with E-state index in [1.54, 1.807) is 6.33 Å². The van der Waals surface area contributed by atoms with E-state index in [1.165, 1.54) is 0 Å². The number of nitrogens with zero attached hydrogens (tertiary/aromatic N) is 4. The minimum Gasteiger partial charge on any atom is -0.348 e. The van der Waals surface area contributed by atoms with Crippen molar-refractivity contribution < 1.29 is 4.79 Å². The normalized spacial score (nSPS) is 10.9. The van der Waals surface area contributed by atoms with Crippen LogP contribution in [0.2, 0.25) is 0 Å². The van der Waals surface area contributed by atoms with Crippen LogP contribution >= 0.6 is 11.6 Å². The van der Waals surface area contributed by atoms with Gasteiger partial charge in [-0.25, -0.2) is 0 Å². The Hall–Kier alpha value is -1.62. The maximum atomic E-state index is 11.7. The number of rotatable bonds is 5. The van der Waals surface area contributed by atoms with E-state index in [2.05, 4.69) is 14.8 Å². The summed E-state index contributed by atoms with van der Waals surface area (Å²) in [5.41, 5.74) is 2.74. The van der Waals surface area contributed by atoms with Crippen LogP contribution in [0.1, 0.15) is 27.6 Å². The maximum absolute atomic E-state index is 11.7. The van der Waals surface area contributed by atoms with Gasteiger partial charge < -0.3 is 9.13 Å². The minimum absolute atomic E-state index is 0.0214. The number of hydrogen-bond acceptors (Lipinski definition) is 3. The number of hydrogen-bond donors (Lipinski definition) is 0. The Labute approximate surface area is 117 Å². The number of Topliss-reactive ketones (excluding diaryl/α,β-unsaturated/α-hetero) is 1. The van der Waals surface area contributed by atoms with Crippen molar-refractivity contribution in [3.63, 3.8) is 0 Å². The Balaban J connectivity index is 2.19. The summed E-state index contributed by atoms with van der Waals surface area (Å²) in [7, 11) is 1.92. The van der Waals surface area contributed by atoms with Crippen LogP contribution in [-0.4, -0.2) is 31.0 Å². The average molecular weight is 281 g/mol. The molecule has 2 aromatic heterocycles. The van der Waals surface area contributed by atoms with Crippen molar-refractivity contribution >= 4 is 17.4 Å². The van der Waals surface area contributed by atoms with Gasteiger partial charge in [-0.1, -0.05) is 0 Å². The van der Waals surface area contributed by atoms with Gasteiger partial charge >= 0.3 is 0 Å². The second-order valence-corrected chi connectivity index (χ2v) is 4.87. The molecule has 0 saturated heterocycles. The summed E-state index contributed by atoms with van der Waals surface area (Å²) in [5.74, 6) is 0.922. The van der Waals surface area contributed by atoms with Crippen molar-refractivity contribution in [2.24, 2.45) is 7.05 Å². The van der Waals surface area contributed by atoms with Crippen molar-refractivity contribution in [3.05, 3.63) is 35.2 Å². The third kappa shape index (κ3) is 2.71. The monoisotopic (exact) mass is 280 g/mol. The Kier molecular flexibility index (Phi) is 4.04. The first-order valence-electron chi connectivity index (χ1n) is 6.13. The van der Waals surface area contributed by atoms with Gasteiger partial charge in [0.2, 0.25) is 0 Å². The van der Waals surface area contributed by atoms with Gasteiger partial charge in [-0.05, 0) is 19.9 Å². The molecule has 0 aromatic carbocycles. The summed E-state index contributed by atoms with van der Waals surface area (Å²) < 4.78 is 4.02. The van der Waals surface area contributed by atoms with E-state index < -0.39 is 0 Å². The third-order valence-corrected chi connectivity index (χ3v) is 3.60. The highest BCUT2D eigenvalue weighted by Gasteiger charge is 2.15. The first kappa shape index (κ1) is 13.8. The molecule has 2 aromatic rings. The molecule has 0 amide bonds. The molecule has 0 saturated carbocycles. The summed E-state index contributed by atoms with van der Waals surface area (Å²) in [6, 6.07) is 1.90. The first-order chi connectivity index (χ1) is 9.04. The van der Waals surface area contributed by atoms with Gasteiger partial charge in [0.1, 0.15) is 12.2 Å². The fourth-order valence-electron chi connectivity index (χ4n) is 2.24. The largest absolute Gasteiger partial charge is 0.348 e. The van der Waals surface area contributed by atoms with E-state index in [0.29, 0.717) is 5.56 Å². The molecule has 102 valence electrons. The van der Waals surface area contributed by atoms with E-state index in [4.69, 9.17) is 11.6 Å². The molecular weight excluding hydrogens is 264 g/mol. The second-order valence-electron chi connectivity index (χ2n) is 4.60. The average Bonchev–Trinajstić information content (AvgIpc) is 2.91. The molecule has 2 heterocycles. The smallest absolute Gasteiger partial charge is 0.179 e. The quantitative estimate of drug-likeness (QED) is 0.621. The van der Waals surface area contributed by atoms with Crippen LogP contribution in [0.15, 0.2) is 12.4 Å². The molecule has 0 spiro atoms. The van der Waals surface area contributed by atoms with Crippen molar-refractivity contribution in [3.8, 4) is 0 Å². The molecule has 0 N–H and O–H groups in total. The lowest BCUT2D eigenvalue weighted by Gasteiger charge is -2.09. The van der Waals surface area contributed by atoms with E-state index in [1.807, 2.05) is 31.5 Å². The lowest BCUT2D eigenvalue weighted by Crippen LogP contribution is -2.09. The standard InChI is InChI=1S/C13H17ClN4O/c1-9-6-11(12(19)7-14)10(2)18(9)5-4-13-16-15-8-17(13)3/h6,8H,4-5,7H2,1-3H3. The predicted octanol–water partition coefficient (Wildman–Crippen LogP) is 1.90. The minimum atomic E-state index is -0.0281. The van der Waals surface area contributed by atoms with E-state index in [0.717, 1.165) is 30.2 Å². The summed E-state index contributed by atoms with van der Waals surface area (Å²) >= 11 is 5.62. The van der Waals surface area contributed by atoms with Crippen LogP contribution in [0.25, 0.3) is 0 Å². The maximum Gasteiger partial charge on any atom is 0.179 e. The molecule has 0 bridgehead atoms. The van der Waals surface area contributed by atoms with Gasteiger partial charge in [0.15, 0.2) is 5.78 Å². The Morgan fingerprint density at radius 1 is 1.42 bits per heavy atom. The van der Waals surface area contributed by atoms with Crippen LogP contribution in [0.5, 0.6) is 0 Å². The van der Waals surface area contributed by atoms with Gasteiger partial charge in [-0.2, -0.15) is 0 Å². The van der Waals surface area contributed by atoms with Gasteiger partial charge in [0, 0.05) is 37.0 Å². The molecule has 0 fully saturated rings. The third-order valence-electron chi connectivity index (χ3n) is 3.36. The zero-order valence-corrected chi connectivity index (χ0v) is 12.1. The van der Waals surface area contributed by atoms with Crippen LogP contribution in [0.3, 0.4) is 0 Å². The van der Waals surface area contributed by atoms with Crippen molar-refractivity contribution in [1.82, 2.24) is 19.3 Å². The molecule has 0 atom stereocenters. The lowest BCUT2D eigenvalue weighted by molar-refractivity contribution is 0.102. The predicted molar refractivity (Wildman–Crippen MR) is 73.7 cm³/mol. The molecule has 5 nitrogen and oxygen atoms in total. The van der Waals surface area contributed by atoms with Gasteiger partial charge in [-0.15, -0.1) is 21.8 Å². The molecule has 0 aliphatic carbocycles. The van der Waals surface area contributed by atoms with Crippen LogP contribution < -0.4 is 0 Å². The Morgan fingerprint density at radius 3 is 2.74 bits per heavy atom. The highest BCUT2D eigenvalue weighted by atomic mass is 35.5. The molecule has 0 unspecified atom stereocenters. The van der Waals surface area contributed by atoms with Crippen LogP contribution in [0.4, 0.5) is 0 Å². The number of halogens is 1. The number of carbonyl (C=O) groups excluding carboxylic acids is 1. The summed E-state index contributed by atoms with van der Waals surface area (Å²) in [6.07, 6.45) is 2.47. The zero-order chi connectivity index (χ0) is 14.0. The highest BCUT2D eigenvalue weighted by molar-refractivity contribution is 6.30. The fraction of sp³-hybridized carbons (Fsp3) is 0.462. The first-order valence-corrected chi connectivity index (χ1v) is 6.66. The van der Waals surface area contributed by atoms with Gasteiger partial charge in [0.05, 0.1) is 5.88 Å². The number of carbonyl (C=O) groups is 1. The summed E-state index contributed by atoms with van der Waals surface area (Å²) in [4.78, 5) is 11.7. The van der Waals surface area contributed by atoms with E-state index in [9.17, 15) is 4.79 Å². The second kappa shape index (κ2) is 5.57. The summed E-state index contributed by atoms with van der Waals surface area (Å²) in [6.45, 7) is 4.72. The SMILES string of the molecule is Cc1cc(C(=O)CCl)c(C)n1CCc1nncn1C. The van der Waals surface area contributed by atoms with Crippen molar-refractivity contribution in [1.29, 1.82) is 0 Å². The topological polar surface area (TPSA) is 52.7 Å². The number of ketones is 1. The highest BCUT2D eigenvalue weighted by Crippen LogP contribution is 2.16. The molecular formula is C13H17ClN4O. The number of aromatic nitrogens is 4. The zero-order valence-electron chi connectivity index (χ0n) is 11.4. The Morgan fingerprint density at radius 2 is 2.16 bits per heavy atom. The lowest BCUT2D eigenvalue weighted by atomic mass is 10.2. The van der Waals surface area contributed by atoms with Crippen LogP contribution in [0, 0.1) is 13.8 Å². The van der Waals surface area contributed by atoms with Crippen molar-refractivity contribution in [2.45, 2.75) is 26.8 Å². The molecule has 0 aliphatic rings. The molecule has 19 heavy (non-hydrogen) atoms. The Bertz CT molecular complexity index is 600. The molecule has 0 aliphatic heterocycles. The van der Waals surface area contributed by atoms with E-state index in [-0.39, 0.29) is 11.7 Å². The summed E-state index contributed by atoms with van der Waals surface area (Å²) in [5, 5.41) is 7.92. The van der Waals surface area contributed by atoms with Gasteiger partial charge in [-0.3, -0.25) is 4.79 Å². The fourth-order valence-corrected chi connectivity index (χ4v) is 2.39. The molecule has 6 heteroatoms. The molecule has 0 radical (unpaired) electrons. The number of aryl methyl sites for hydroxylation is 3. The molecule has 2 rings (SSSR count). The van der Waals surface area contributed by atoms with Crippen LogP contribution in [-0.2, 0) is 20.0 Å².